The first-order valence-corrected chi connectivity index (χ1v) is 11.7. The molecule has 0 aliphatic carbocycles. The molecule has 4 N–H and O–H groups in total. The van der Waals surface area contributed by atoms with Gasteiger partial charge in [-0.25, -0.2) is 0 Å². The van der Waals surface area contributed by atoms with E-state index in [2.05, 4.69) is 78.7 Å². The van der Waals surface area contributed by atoms with Gasteiger partial charge in [-0.1, -0.05) is 78.4 Å². The van der Waals surface area contributed by atoms with Crippen molar-refractivity contribution in [3.8, 4) is 11.1 Å². The monoisotopic (exact) mass is 477 g/mol. The Hall–Kier alpha value is -4.64. The van der Waals surface area contributed by atoms with Gasteiger partial charge in [0.15, 0.2) is 0 Å². The summed E-state index contributed by atoms with van der Waals surface area (Å²) < 4.78 is 0. The Bertz CT molecular complexity index is 1330. The third-order valence-electron chi connectivity index (χ3n) is 5.56. The van der Waals surface area contributed by atoms with Gasteiger partial charge in [0.2, 0.25) is 6.41 Å². The Labute approximate surface area is 212 Å². The van der Waals surface area contributed by atoms with E-state index >= 15 is 0 Å². The molecule has 0 saturated carbocycles. The Balaban J connectivity index is 0.00000115. The molecule has 0 atom stereocenters. The maximum atomic E-state index is 12.5. The highest BCUT2D eigenvalue weighted by Gasteiger charge is 2.10. The number of hydrogen-bond acceptors (Lipinski definition) is 3. The van der Waals surface area contributed by atoms with Crippen LogP contribution in [0.5, 0.6) is 0 Å². The molecule has 5 heteroatoms. The lowest BCUT2D eigenvalue weighted by Crippen LogP contribution is -2.12. The molecule has 182 valence electrons. The minimum Gasteiger partial charge on any atom is -0.372 e. The number of carbonyl (C=O) groups is 2. The van der Waals surface area contributed by atoms with Crippen molar-refractivity contribution in [1.29, 1.82) is 0 Å². The Morgan fingerprint density at radius 2 is 1.28 bits per heavy atom. The molecular weight excluding hydrogens is 446 g/mol. The molecule has 0 saturated heterocycles. The SMILES string of the molecule is CC(C)=C(Nc1ccc(NC(=O)c2ccccc2)cc1C)c1ccc(-c2ccccc2)cc1.NC=O. The van der Waals surface area contributed by atoms with E-state index in [0.29, 0.717) is 5.56 Å². The lowest BCUT2D eigenvalue weighted by atomic mass is 10.0. The number of nitrogens with two attached hydrogens (primary N) is 1. The van der Waals surface area contributed by atoms with Crippen LogP contribution in [0.3, 0.4) is 0 Å². The van der Waals surface area contributed by atoms with Crippen LogP contribution in [0.15, 0.2) is 109 Å². The van der Waals surface area contributed by atoms with Gasteiger partial charge in [0, 0.05) is 22.6 Å². The molecule has 4 aromatic rings. The van der Waals surface area contributed by atoms with Crippen LogP contribution in [0.2, 0.25) is 0 Å². The van der Waals surface area contributed by atoms with Gasteiger partial charge in [-0.2, -0.15) is 0 Å². The molecule has 0 fully saturated rings. The normalized spacial score (nSPS) is 9.86. The van der Waals surface area contributed by atoms with E-state index in [1.165, 1.54) is 16.7 Å². The molecule has 0 aliphatic rings. The molecule has 0 aliphatic heterocycles. The van der Waals surface area contributed by atoms with Crippen molar-refractivity contribution >= 4 is 29.4 Å². The highest BCUT2D eigenvalue weighted by atomic mass is 16.1. The van der Waals surface area contributed by atoms with Crippen LogP contribution in [-0.2, 0) is 4.79 Å². The number of carbonyl (C=O) groups excluding carboxylic acids is 2. The largest absolute Gasteiger partial charge is 0.372 e. The molecular formula is C31H31N3O2. The molecule has 5 nitrogen and oxygen atoms in total. The zero-order chi connectivity index (χ0) is 25.9. The summed E-state index contributed by atoms with van der Waals surface area (Å²) in [5.74, 6) is -0.112. The van der Waals surface area contributed by atoms with Crippen molar-refractivity contribution in [1.82, 2.24) is 0 Å². The van der Waals surface area contributed by atoms with Crippen LogP contribution >= 0.6 is 0 Å². The number of nitrogens with one attached hydrogen (secondary N) is 2. The highest BCUT2D eigenvalue weighted by Crippen LogP contribution is 2.28. The van der Waals surface area contributed by atoms with Gasteiger partial charge in [-0.05, 0) is 73.4 Å². The summed E-state index contributed by atoms with van der Waals surface area (Å²) in [6, 6.07) is 34.2. The van der Waals surface area contributed by atoms with Gasteiger partial charge >= 0.3 is 0 Å². The number of hydrogen-bond donors (Lipinski definition) is 3. The van der Waals surface area contributed by atoms with Crippen molar-refractivity contribution in [2.24, 2.45) is 5.73 Å². The third kappa shape index (κ3) is 6.93. The highest BCUT2D eigenvalue weighted by molar-refractivity contribution is 6.04. The van der Waals surface area contributed by atoms with Gasteiger partial charge in [-0.15, -0.1) is 0 Å². The quantitative estimate of drug-likeness (QED) is 0.265. The van der Waals surface area contributed by atoms with Crippen molar-refractivity contribution in [2.75, 3.05) is 10.6 Å². The van der Waals surface area contributed by atoms with Crippen LogP contribution in [0.4, 0.5) is 11.4 Å². The fourth-order valence-electron chi connectivity index (χ4n) is 3.75. The molecule has 0 radical (unpaired) electrons. The second-order valence-corrected chi connectivity index (χ2v) is 8.43. The molecule has 0 aromatic heterocycles. The molecule has 0 heterocycles. The smallest absolute Gasteiger partial charge is 0.255 e. The van der Waals surface area contributed by atoms with E-state index in [-0.39, 0.29) is 12.3 Å². The number of amides is 2. The summed E-state index contributed by atoms with van der Waals surface area (Å²) in [7, 11) is 0. The first-order valence-electron chi connectivity index (χ1n) is 11.7. The first-order chi connectivity index (χ1) is 17.4. The first kappa shape index (κ1) is 26.0. The maximum Gasteiger partial charge on any atom is 0.255 e. The third-order valence-corrected chi connectivity index (χ3v) is 5.56. The number of benzene rings is 4. The van der Waals surface area contributed by atoms with Crippen LogP contribution in [0, 0.1) is 6.92 Å². The lowest BCUT2D eigenvalue weighted by molar-refractivity contribution is -0.106. The van der Waals surface area contributed by atoms with Gasteiger partial charge in [0.1, 0.15) is 0 Å². The number of anilines is 2. The summed E-state index contributed by atoms with van der Waals surface area (Å²) in [4.78, 5) is 21.0. The van der Waals surface area contributed by atoms with Crippen LogP contribution in [0.1, 0.15) is 35.3 Å². The molecule has 4 rings (SSSR count). The fourth-order valence-corrected chi connectivity index (χ4v) is 3.75. The number of allylic oxidation sites excluding steroid dienone is 1. The van der Waals surface area contributed by atoms with E-state index in [9.17, 15) is 4.79 Å². The predicted octanol–water partition coefficient (Wildman–Crippen LogP) is 6.88. The average molecular weight is 478 g/mol. The number of primary amides is 1. The minimum absolute atomic E-state index is 0.112. The zero-order valence-electron chi connectivity index (χ0n) is 20.8. The topological polar surface area (TPSA) is 84.2 Å². The second kappa shape index (κ2) is 12.7. The molecule has 0 bridgehead atoms. The fraction of sp³-hybridized carbons (Fsp3) is 0.0968. The van der Waals surface area contributed by atoms with Gasteiger partial charge < -0.3 is 16.4 Å². The average Bonchev–Trinajstić information content (AvgIpc) is 2.90. The van der Waals surface area contributed by atoms with Crippen LogP contribution in [0.25, 0.3) is 16.8 Å². The summed E-state index contributed by atoms with van der Waals surface area (Å²) >= 11 is 0. The van der Waals surface area contributed by atoms with Crippen molar-refractivity contribution in [3.63, 3.8) is 0 Å². The summed E-state index contributed by atoms with van der Waals surface area (Å²) in [5.41, 5.74) is 13.5. The minimum atomic E-state index is -0.112. The van der Waals surface area contributed by atoms with Gasteiger partial charge in [-0.3, -0.25) is 9.59 Å². The Morgan fingerprint density at radius 1 is 0.722 bits per heavy atom. The standard InChI is InChI=1S/C30H28N2O.CH3NO/c1-21(2)29(25-16-14-24(15-17-25)23-10-6-4-7-11-23)32-28-19-18-27(20-22(28)3)31-30(33)26-12-8-5-9-13-26;2-1-3/h4-20,32H,1-3H3,(H,31,33);1H,(H2,2,3). The molecule has 0 unspecified atom stereocenters. The van der Waals surface area contributed by atoms with Crippen molar-refractivity contribution in [2.45, 2.75) is 20.8 Å². The molecule has 0 spiro atoms. The van der Waals surface area contributed by atoms with Crippen LogP contribution < -0.4 is 16.4 Å². The van der Waals surface area contributed by atoms with Gasteiger partial charge in [0.05, 0.1) is 0 Å². The lowest BCUT2D eigenvalue weighted by Gasteiger charge is -2.17. The van der Waals surface area contributed by atoms with Crippen LogP contribution in [-0.4, -0.2) is 12.3 Å². The molecule has 4 aromatic carbocycles. The molecule has 2 amide bonds. The molecule has 36 heavy (non-hydrogen) atoms. The van der Waals surface area contributed by atoms with E-state index < -0.39 is 0 Å². The van der Waals surface area contributed by atoms with E-state index in [4.69, 9.17) is 4.79 Å². The summed E-state index contributed by atoms with van der Waals surface area (Å²) in [5, 5.41) is 6.58. The maximum absolute atomic E-state index is 12.5. The number of aryl methyl sites for hydroxylation is 1. The Morgan fingerprint density at radius 3 is 1.83 bits per heavy atom. The second-order valence-electron chi connectivity index (χ2n) is 8.43. The Kier molecular flexibility index (Phi) is 9.18. The van der Waals surface area contributed by atoms with Gasteiger partial charge in [0.25, 0.3) is 5.91 Å². The predicted molar refractivity (Wildman–Crippen MR) is 150 cm³/mol. The van der Waals surface area contributed by atoms with Crippen molar-refractivity contribution in [3.05, 3.63) is 125 Å². The van der Waals surface area contributed by atoms with E-state index in [1.54, 1.807) is 0 Å². The number of rotatable bonds is 6. The van der Waals surface area contributed by atoms with Crippen molar-refractivity contribution < 1.29 is 9.59 Å². The van der Waals surface area contributed by atoms with E-state index in [1.807, 2.05) is 61.5 Å². The van der Waals surface area contributed by atoms with E-state index in [0.717, 1.165) is 28.2 Å². The summed E-state index contributed by atoms with van der Waals surface area (Å²) in [6.45, 7) is 6.26. The zero-order valence-corrected chi connectivity index (χ0v) is 20.8. The summed E-state index contributed by atoms with van der Waals surface area (Å²) in [6.07, 6.45) is 0.250.